The summed E-state index contributed by atoms with van der Waals surface area (Å²) in [6, 6.07) is 12.6. The standard InChI is InChI=1S/C19H15ClN2O4/c1-2-25-18(23)13-5-9-15(10-6-13)21-11-16-19(24)26-17(22-16)12-3-7-14(20)8-4-12/h3-11,16H,2H2,1H3. The van der Waals surface area contributed by atoms with Gasteiger partial charge in [0.15, 0.2) is 6.04 Å². The summed E-state index contributed by atoms with van der Waals surface area (Å²) in [4.78, 5) is 32.0. The van der Waals surface area contributed by atoms with E-state index in [1.54, 1.807) is 55.5 Å². The second-order valence-corrected chi connectivity index (χ2v) is 5.79. The van der Waals surface area contributed by atoms with E-state index in [2.05, 4.69) is 9.98 Å². The highest BCUT2D eigenvalue weighted by molar-refractivity contribution is 6.30. The van der Waals surface area contributed by atoms with Crippen LogP contribution in [0, 0.1) is 0 Å². The van der Waals surface area contributed by atoms with Gasteiger partial charge in [-0.15, -0.1) is 0 Å². The fraction of sp³-hybridized carbons (Fsp3) is 0.158. The van der Waals surface area contributed by atoms with Gasteiger partial charge in [-0.2, -0.15) is 0 Å². The third-order valence-electron chi connectivity index (χ3n) is 3.53. The first-order chi connectivity index (χ1) is 12.6. The lowest BCUT2D eigenvalue weighted by atomic mass is 10.2. The van der Waals surface area contributed by atoms with Crippen LogP contribution in [0.15, 0.2) is 58.5 Å². The predicted octanol–water partition coefficient (Wildman–Crippen LogP) is 3.59. The third-order valence-corrected chi connectivity index (χ3v) is 3.78. The van der Waals surface area contributed by atoms with Gasteiger partial charge in [0, 0.05) is 16.8 Å². The van der Waals surface area contributed by atoms with Crippen LogP contribution < -0.4 is 0 Å². The molecule has 1 aliphatic rings. The van der Waals surface area contributed by atoms with Crippen molar-refractivity contribution in [2.24, 2.45) is 9.98 Å². The molecule has 0 aromatic heterocycles. The van der Waals surface area contributed by atoms with Crippen molar-refractivity contribution in [2.45, 2.75) is 13.0 Å². The van der Waals surface area contributed by atoms with E-state index >= 15 is 0 Å². The van der Waals surface area contributed by atoms with Crippen molar-refractivity contribution < 1.29 is 19.1 Å². The molecule has 0 radical (unpaired) electrons. The molecule has 0 N–H and O–H groups in total. The molecule has 1 atom stereocenters. The molecule has 0 saturated carbocycles. The molecule has 26 heavy (non-hydrogen) atoms. The number of halogens is 1. The summed E-state index contributed by atoms with van der Waals surface area (Å²) in [5.74, 6) is -0.651. The van der Waals surface area contributed by atoms with Crippen molar-refractivity contribution in [1.29, 1.82) is 0 Å². The average Bonchev–Trinajstić information content (AvgIpc) is 3.02. The zero-order valence-electron chi connectivity index (χ0n) is 13.9. The zero-order valence-corrected chi connectivity index (χ0v) is 14.6. The Morgan fingerprint density at radius 1 is 1.23 bits per heavy atom. The molecule has 3 rings (SSSR count). The quantitative estimate of drug-likeness (QED) is 0.595. The lowest BCUT2D eigenvalue weighted by molar-refractivity contribution is -0.133. The van der Waals surface area contributed by atoms with Gasteiger partial charge in [-0.3, -0.25) is 4.99 Å². The molecule has 1 aliphatic heterocycles. The predicted molar refractivity (Wildman–Crippen MR) is 98.4 cm³/mol. The van der Waals surface area contributed by atoms with E-state index in [0.717, 1.165) is 0 Å². The molecule has 132 valence electrons. The number of benzene rings is 2. The maximum atomic E-state index is 11.9. The summed E-state index contributed by atoms with van der Waals surface area (Å²) < 4.78 is 10.1. The van der Waals surface area contributed by atoms with Crippen LogP contribution in [0.4, 0.5) is 5.69 Å². The molecule has 2 aromatic rings. The van der Waals surface area contributed by atoms with Crippen LogP contribution in [0.5, 0.6) is 0 Å². The Hall–Kier alpha value is -2.99. The van der Waals surface area contributed by atoms with Crippen molar-refractivity contribution in [3.05, 3.63) is 64.7 Å². The topological polar surface area (TPSA) is 77.3 Å². The Balaban J connectivity index is 1.70. The Labute approximate surface area is 155 Å². The number of carbonyl (C=O) groups excluding carboxylic acids is 2. The first-order valence-electron chi connectivity index (χ1n) is 7.93. The van der Waals surface area contributed by atoms with Crippen molar-refractivity contribution >= 4 is 41.3 Å². The van der Waals surface area contributed by atoms with E-state index in [0.29, 0.717) is 28.4 Å². The molecular formula is C19H15ClN2O4. The Morgan fingerprint density at radius 2 is 1.92 bits per heavy atom. The fourth-order valence-electron chi connectivity index (χ4n) is 2.24. The average molecular weight is 371 g/mol. The first kappa shape index (κ1) is 17.8. The highest BCUT2D eigenvalue weighted by atomic mass is 35.5. The van der Waals surface area contributed by atoms with Gasteiger partial charge in [0.25, 0.3) is 0 Å². The molecule has 6 nitrogen and oxygen atoms in total. The molecule has 0 spiro atoms. The Kier molecular flexibility index (Phi) is 5.43. The molecular weight excluding hydrogens is 356 g/mol. The number of esters is 2. The smallest absolute Gasteiger partial charge is 0.343 e. The van der Waals surface area contributed by atoms with E-state index in [4.69, 9.17) is 21.1 Å². The summed E-state index contributed by atoms with van der Waals surface area (Å²) in [5.41, 5.74) is 1.69. The fourth-order valence-corrected chi connectivity index (χ4v) is 2.36. The highest BCUT2D eigenvalue weighted by Gasteiger charge is 2.28. The number of aliphatic imine (C=N–C) groups is 2. The number of nitrogens with zero attached hydrogens (tertiary/aromatic N) is 2. The van der Waals surface area contributed by atoms with Gasteiger partial charge in [-0.25, -0.2) is 14.6 Å². The molecule has 0 saturated heterocycles. The van der Waals surface area contributed by atoms with E-state index in [9.17, 15) is 9.59 Å². The minimum absolute atomic E-state index is 0.237. The van der Waals surface area contributed by atoms with Crippen LogP contribution in [0.1, 0.15) is 22.8 Å². The van der Waals surface area contributed by atoms with Gasteiger partial charge in [0.2, 0.25) is 5.90 Å². The summed E-state index contributed by atoms with van der Waals surface area (Å²) >= 11 is 5.84. The molecule has 7 heteroatoms. The van der Waals surface area contributed by atoms with Gasteiger partial charge in [-0.1, -0.05) is 11.6 Å². The minimum atomic E-state index is -0.814. The van der Waals surface area contributed by atoms with E-state index in [1.807, 2.05) is 0 Å². The van der Waals surface area contributed by atoms with Crippen LogP contribution in [0.3, 0.4) is 0 Å². The van der Waals surface area contributed by atoms with E-state index in [1.165, 1.54) is 6.21 Å². The number of rotatable bonds is 5. The monoisotopic (exact) mass is 370 g/mol. The van der Waals surface area contributed by atoms with Gasteiger partial charge >= 0.3 is 11.9 Å². The lowest BCUT2D eigenvalue weighted by Crippen LogP contribution is -2.16. The van der Waals surface area contributed by atoms with Crippen LogP contribution in [0.2, 0.25) is 5.02 Å². The van der Waals surface area contributed by atoms with Gasteiger partial charge in [0.1, 0.15) is 0 Å². The SMILES string of the molecule is CCOC(=O)c1ccc(N=CC2N=C(c3ccc(Cl)cc3)OC2=O)cc1. The Bertz CT molecular complexity index is 873. The van der Waals surface area contributed by atoms with Crippen LogP contribution >= 0.6 is 11.6 Å². The number of hydrogen-bond acceptors (Lipinski definition) is 6. The van der Waals surface area contributed by atoms with E-state index < -0.39 is 12.0 Å². The molecule has 0 fully saturated rings. The summed E-state index contributed by atoms with van der Waals surface area (Å²) in [5, 5.41) is 0.586. The van der Waals surface area contributed by atoms with Crippen molar-refractivity contribution in [3.63, 3.8) is 0 Å². The normalized spacial score (nSPS) is 16.5. The van der Waals surface area contributed by atoms with Crippen LogP contribution in [-0.2, 0) is 14.3 Å². The number of carbonyl (C=O) groups is 2. The molecule has 0 aliphatic carbocycles. The van der Waals surface area contributed by atoms with Crippen molar-refractivity contribution in [1.82, 2.24) is 0 Å². The summed E-state index contributed by atoms with van der Waals surface area (Å²) in [6.07, 6.45) is 1.41. The Morgan fingerprint density at radius 3 is 2.58 bits per heavy atom. The minimum Gasteiger partial charge on any atom is -0.462 e. The van der Waals surface area contributed by atoms with Crippen LogP contribution in [0.25, 0.3) is 0 Å². The summed E-state index contributed by atoms with van der Waals surface area (Å²) in [7, 11) is 0. The molecule has 1 heterocycles. The van der Waals surface area contributed by atoms with Gasteiger partial charge in [0.05, 0.1) is 17.9 Å². The number of cyclic esters (lactones) is 1. The third kappa shape index (κ3) is 4.15. The second-order valence-electron chi connectivity index (χ2n) is 5.35. The largest absolute Gasteiger partial charge is 0.462 e. The van der Waals surface area contributed by atoms with E-state index in [-0.39, 0.29) is 11.9 Å². The maximum absolute atomic E-state index is 11.9. The maximum Gasteiger partial charge on any atom is 0.343 e. The lowest BCUT2D eigenvalue weighted by Gasteiger charge is -2.01. The first-order valence-corrected chi connectivity index (χ1v) is 8.31. The zero-order chi connectivity index (χ0) is 18.5. The van der Waals surface area contributed by atoms with Crippen molar-refractivity contribution in [3.8, 4) is 0 Å². The molecule has 0 bridgehead atoms. The molecule has 2 aromatic carbocycles. The number of hydrogen-bond donors (Lipinski definition) is 0. The molecule has 0 amide bonds. The number of ether oxygens (including phenoxy) is 2. The van der Waals surface area contributed by atoms with Gasteiger partial charge in [-0.05, 0) is 55.5 Å². The summed E-state index contributed by atoms with van der Waals surface area (Å²) in [6.45, 7) is 2.06. The second kappa shape index (κ2) is 7.93. The highest BCUT2D eigenvalue weighted by Crippen LogP contribution is 2.17. The van der Waals surface area contributed by atoms with Gasteiger partial charge < -0.3 is 9.47 Å². The van der Waals surface area contributed by atoms with Crippen LogP contribution in [-0.4, -0.2) is 36.7 Å². The van der Waals surface area contributed by atoms with Crippen molar-refractivity contribution in [2.75, 3.05) is 6.61 Å². The molecule has 1 unspecified atom stereocenters.